The lowest BCUT2D eigenvalue weighted by Gasteiger charge is -2.23. The van der Waals surface area contributed by atoms with Gasteiger partial charge in [0.05, 0.1) is 0 Å². The van der Waals surface area contributed by atoms with E-state index in [1.54, 1.807) is 0 Å². The Morgan fingerprint density at radius 3 is 1.15 bits per heavy atom. The summed E-state index contributed by atoms with van der Waals surface area (Å²) in [6, 6.07) is 79.8. The normalized spacial score (nSPS) is 11.3. The maximum atomic E-state index is 2.40. The molecule has 0 fully saturated rings. The molecule has 0 saturated carbocycles. The highest BCUT2D eigenvalue weighted by Gasteiger charge is 2.23. The molecule has 0 atom stereocenters. The number of hydrogen-bond acceptors (Lipinski definition) is 0. The molecule has 10 aromatic carbocycles. The van der Waals surface area contributed by atoms with Crippen molar-refractivity contribution in [3.8, 4) is 66.8 Å². The van der Waals surface area contributed by atoms with Crippen LogP contribution in [0.3, 0.4) is 0 Å². The first-order chi connectivity index (χ1) is 26.8. The van der Waals surface area contributed by atoms with E-state index in [0.29, 0.717) is 0 Å². The second kappa shape index (κ2) is 13.5. The van der Waals surface area contributed by atoms with Gasteiger partial charge in [-0.2, -0.15) is 0 Å². The summed E-state index contributed by atoms with van der Waals surface area (Å²) in [4.78, 5) is 0. The molecule has 0 aliphatic rings. The van der Waals surface area contributed by atoms with Crippen LogP contribution in [0.2, 0.25) is 0 Å². The zero-order chi connectivity index (χ0) is 35.8. The molecule has 0 bridgehead atoms. The Labute approximate surface area is 316 Å². The van der Waals surface area contributed by atoms with Crippen LogP contribution in [0.4, 0.5) is 0 Å². The van der Waals surface area contributed by atoms with Gasteiger partial charge in [-0.1, -0.05) is 212 Å². The highest BCUT2D eigenvalue weighted by Crippen LogP contribution is 2.50. The van der Waals surface area contributed by atoms with Crippen LogP contribution >= 0.6 is 0 Å². The highest BCUT2D eigenvalue weighted by atomic mass is 14.3. The molecule has 10 rings (SSSR count). The molecule has 0 radical (unpaired) electrons. The van der Waals surface area contributed by atoms with Crippen LogP contribution in [0.1, 0.15) is 0 Å². The molecule has 54 heavy (non-hydrogen) atoms. The van der Waals surface area contributed by atoms with Gasteiger partial charge >= 0.3 is 0 Å². The summed E-state index contributed by atoms with van der Waals surface area (Å²) >= 11 is 0. The maximum absolute atomic E-state index is 2.40. The van der Waals surface area contributed by atoms with E-state index in [-0.39, 0.29) is 0 Å². The third kappa shape index (κ3) is 5.40. The van der Waals surface area contributed by atoms with Crippen molar-refractivity contribution >= 4 is 32.3 Å². The van der Waals surface area contributed by atoms with Gasteiger partial charge in [-0.25, -0.2) is 0 Å². The van der Waals surface area contributed by atoms with Crippen molar-refractivity contribution in [3.05, 3.63) is 218 Å². The van der Waals surface area contributed by atoms with Crippen molar-refractivity contribution < 1.29 is 0 Å². The van der Waals surface area contributed by atoms with Gasteiger partial charge in [0, 0.05) is 0 Å². The fourth-order valence-corrected chi connectivity index (χ4v) is 8.49. The van der Waals surface area contributed by atoms with E-state index in [1.165, 1.54) is 99.1 Å². The minimum atomic E-state index is 1.20. The van der Waals surface area contributed by atoms with Gasteiger partial charge in [0.15, 0.2) is 0 Å². The molecule has 0 aliphatic carbocycles. The van der Waals surface area contributed by atoms with Crippen molar-refractivity contribution in [1.82, 2.24) is 0 Å². The van der Waals surface area contributed by atoms with Gasteiger partial charge in [-0.05, 0) is 105 Å². The minimum Gasteiger partial charge on any atom is -0.0622 e. The first-order valence-electron chi connectivity index (χ1n) is 18.7. The second-order valence-corrected chi connectivity index (χ2v) is 14.0. The van der Waals surface area contributed by atoms with Crippen molar-refractivity contribution in [2.24, 2.45) is 0 Å². The number of rotatable bonds is 6. The van der Waals surface area contributed by atoms with E-state index in [9.17, 15) is 0 Å². The Hall–Kier alpha value is -7.02. The topological polar surface area (TPSA) is 0 Å². The molecular weight excluding hydrogens is 649 g/mol. The van der Waals surface area contributed by atoms with E-state index >= 15 is 0 Å². The fourth-order valence-electron chi connectivity index (χ4n) is 8.49. The molecule has 0 heterocycles. The van der Waals surface area contributed by atoms with Crippen LogP contribution < -0.4 is 0 Å². The quantitative estimate of drug-likeness (QED) is 0.153. The van der Waals surface area contributed by atoms with Crippen LogP contribution in [0, 0.1) is 0 Å². The molecule has 252 valence electrons. The van der Waals surface area contributed by atoms with Crippen LogP contribution in [0.15, 0.2) is 218 Å². The van der Waals surface area contributed by atoms with Crippen molar-refractivity contribution in [2.75, 3.05) is 0 Å². The molecule has 0 saturated heterocycles. The van der Waals surface area contributed by atoms with Gasteiger partial charge in [0.25, 0.3) is 0 Å². The van der Waals surface area contributed by atoms with E-state index in [4.69, 9.17) is 0 Å². The molecule has 0 aromatic heterocycles. The van der Waals surface area contributed by atoms with Crippen molar-refractivity contribution in [2.45, 2.75) is 0 Å². The average molecular weight is 685 g/mol. The Bertz CT molecular complexity index is 2840. The molecule has 0 aliphatic heterocycles. The second-order valence-electron chi connectivity index (χ2n) is 14.0. The minimum absolute atomic E-state index is 1.20. The number of benzene rings is 10. The largest absolute Gasteiger partial charge is 0.0622 e. The molecule has 0 nitrogen and oxygen atoms in total. The van der Waals surface area contributed by atoms with Crippen LogP contribution in [0.5, 0.6) is 0 Å². The third-order valence-corrected chi connectivity index (χ3v) is 10.9. The fraction of sp³-hybridized carbons (Fsp3) is 0. The lowest BCUT2D eigenvalue weighted by Crippen LogP contribution is -1.96. The standard InChI is InChI=1S/C54H36/c1-4-18-38(19-5-1)44-32-17-33-45(39-20-6-2-7-21-39)53(44)54-48-29-14-12-27-46(48)52(47-28-13-15-30-49(47)54)50-35-34-41(36-51(50)40-22-8-3-9-23-40)43-31-16-25-37-24-10-11-26-42(37)43/h1-36H. The molecule has 0 heteroatoms. The monoisotopic (exact) mass is 684 g/mol. The average Bonchev–Trinajstić information content (AvgIpc) is 3.26. The molecule has 0 spiro atoms. The Kier molecular flexibility index (Phi) is 7.93. The smallest absolute Gasteiger partial charge is 0.00139 e. The van der Waals surface area contributed by atoms with Crippen molar-refractivity contribution in [3.63, 3.8) is 0 Å². The van der Waals surface area contributed by atoms with Gasteiger partial charge < -0.3 is 0 Å². The summed E-state index contributed by atoms with van der Waals surface area (Å²) in [6.45, 7) is 0. The Balaban J connectivity index is 1.31. The molecule has 0 amide bonds. The Morgan fingerprint density at radius 2 is 0.593 bits per heavy atom. The SMILES string of the molecule is c1ccc(-c2cc(-c3cccc4ccccc34)ccc2-c2c3ccccc3c(-c3c(-c4ccccc4)cccc3-c3ccccc3)c3ccccc23)cc1. The van der Waals surface area contributed by atoms with E-state index in [0.717, 1.165) is 0 Å². The summed E-state index contributed by atoms with van der Waals surface area (Å²) < 4.78 is 0. The van der Waals surface area contributed by atoms with E-state index < -0.39 is 0 Å². The summed E-state index contributed by atoms with van der Waals surface area (Å²) in [5, 5.41) is 7.47. The first-order valence-corrected chi connectivity index (χ1v) is 18.7. The number of hydrogen-bond donors (Lipinski definition) is 0. The van der Waals surface area contributed by atoms with Crippen LogP contribution in [-0.4, -0.2) is 0 Å². The zero-order valence-corrected chi connectivity index (χ0v) is 29.8. The van der Waals surface area contributed by atoms with Gasteiger partial charge in [0.2, 0.25) is 0 Å². The molecule has 0 N–H and O–H groups in total. The van der Waals surface area contributed by atoms with Gasteiger partial charge in [0.1, 0.15) is 0 Å². The predicted molar refractivity (Wildman–Crippen MR) is 232 cm³/mol. The van der Waals surface area contributed by atoms with E-state index in [2.05, 4.69) is 218 Å². The summed E-state index contributed by atoms with van der Waals surface area (Å²) in [5.74, 6) is 0. The molecular formula is C54H36. The van der Waals surface area contributed by atoms with Gasteiger partial charge in [-0.15, -0.1) is 0 Å². The summed E-state index contributed by atoms with van der Waals surface area (Å²) in [7, 11) is 0. The highest BCUT2D eigenvalue weighted by molar-refractivity contribution is 6.24. The third-order valence-electron chi connectivity index (χ3n) is 10.9. The lowest BCUT2D eigenvalue weighted by atomic mass is 9.80. The first kappa shape index (κ1) is 31.7. The van der Waals surface area contributed by atoms with Crippen LogP contribution in [0.25, 0.3) is 99.1 Å². The van der Waals surface area contributed by atoms with Crippen LogP contribution in [-0.2, 0) is 0 Å². The Morgan fingerprint density at radius 1 is 0.185 bits per heavy atom. The molecule has 10 aromatic rings. The van der Waals surface area contributed by atoms with E-state index in [1.807, 2.05) is 0 Å². The predicted octanol–water partition coefficient (Wildman–Crippen LogP) is 15.1. The maximum Gasteiger partial charge on any atom is -0.00139 e. The molecule has 0 unspecified atom stereocenters. The number of fused-ring (bicyclic) bond motifs is 3. The summed E-state index contributed by atoms with van der Waals surface area (Å²) in [6.07, 6.45) is 0. The van der Waals surface area contributed by atoms with Gasteiger partial charge in [-0.3, -0.25) is 0 Å². The lowest BCUT2D eigenvalue weighted by molar-refractivity contribution is 1.57. The summed E-state index contributed by atoms with van der Waals surface area (Å²) in [5.41, 5.74) is 14.7. The zero-order valence-electron chi connectivity index (χ0n) is 29.8. The van der Waals surface area contributed by atoms with Crippen molar-refractivity contribution in [1.29, 1.82) is 0 Å².